The zero-order valence-electron chi connectivity index (χ0n) is 11.4. The Morgan fingerprint density at radius 2 is 2.29 bits per heavy atom. The SMILES string of the molecule is CN=C(NCC(C)SC)NCC1(C)CCCS1. The van der Waals surface area contributed by atoms with E-state index in [0.29, 0.717) is 10.00 Å². The Hall–Kier alpha value is -0.0300. The van der Waals surface area contributed by atoms with Gasteiger partial charge in [0.15, 0.2) is 5.96 Å². The fourth-order valence-corrected chi connectivity index (χ4v) is 3.29. The standard InChI is InChI=1S/C12H25N3S2/c1-10(16-4)8-14-11(13-3)15-9-12(2)6-5-7-17-12/h10H,5-9H2,1-4H3,(H2,13,14,15). The predicted molar refractivity (Wildman–Crippen MR) is 82.4 cm³/mol. The molecule has 0 bridgehead atoms. The second-order valence-electron chi connectivity index (χ2n) is 4.75. The summed E-state index contributed by atoms with van der Waals surface area (Å²) in [5.74, 6) is 2.23. The molecule has 0 aromatic carbocycles. The fourth-order valence-electron chi connectivity index (χ4n) is 1.79. The highest BCUT2D eigenvalue weighted by molar-refractivity contribution is 8.00. The Labute approximate surface area is 114 Å². The van der Waals surface area contributed by atoms with E-state index in [9.17, 15) is 0 Å². The third-order valence-electron chi connectivity index (χ3n) is 3.11. The molecule has 1 heterocycles. The Morgan fingerprint density at radius 1 is 1.53 bits per heavy atom. The molecule has 2 unspecified atom stereocenters. The third kappa shape index (κ3) is 5.42. The Bertz CT molecular complexity index is 250. The van der Waals surface area contributed by atoms with E-state index in [0.717, 1.165) is 19.0 Å². The first-order chi connectivity index (χ1) is 8.09. The molecule has 0 aliphatic carbocycles. The number of aliphatic imine (C=N–C) groups is 1. The normalized spacial score (nSPS) is 26.9. The summed E-state index contributed by atoms with van der Waals surface area (Å²) in [5, 5.41) is 7.43. The predicted octanol–water partition coefficient (Wildman–Crippen LogP) is 2.19. The van der Waals surface area contributed by atoms with Gasteiger partial charge in [-0.05, 0) is 31.8 Å². The van der Waals surface area contributed by atoms with Crippen LogP contribution in [0, 0.1) is 0 Å². The smallest absolute Gasteiger partial charge is 0.191 e. The van der Waals surface area contributed by atoms with Gasteiger partial charge in [0.1, 0.15) is 0 Å². The second kappa shape index (κ2) is 7.41. The van der Waals surface area contributed by atoms with Crippen molar-refractivity contribution in [3.05, 3.63) is 0 Å². The van der Waals surface area contributed by atoms with Gasteiger partial charge in [0.05, 0.1) is 0 Å². The van der Waals surface area contributed by atoms with Gasteiger partial charge in [-0.15, -0.1) is 0 Å². The first kappa shape index (κ1) is 15.0. The van der Waals surface area contributed by atoms with Crippen molar-refractivity contribution < 1.29 is 0 Å². The minimum Gasteiger partial charge on any atom is -0.355 e. The topological polar surface area (TPSA) is 36.4 Å². The molecule has 1 aliphatic heterocycles. The van der Waals surface area contributed by atoms with Gasteiger partial charge in [-0.1, -0.05) is 6.92 Å². The summed E-state index contributed by atoms with van der Waals surface area (Å²) < 4.78 is 0.392. The van der Waals surface area contributed by atoms with Crippen LogP contribution in [0.3, 0.4) is 0 Å². The summed E-state index contributed by atoms with van der Waals surface area (Å²) in [4.78, 5) is 4.26. The van der Waals surface area contributed by atoms with E-state index < -0.39 is 0 Å². The third-order valence-corrected chi connectivity index (χ3v) is 5.62. The van der Waals surface area contributed by atoms with E-state index in [-0.39, 0.29) is 0 Å². The van der Waals surface area contributed by atoms with Crippen molar-refractivity contribution in [3.8, 4) is 0 Å². The van der Waals surface area contributed by atoms with Gasteiger partial charge in [0.25, 0.3) is 0 Å². The highest BCUT2D eigenvalue weighted by Gasteiger charge is 2.29. The second-order valence-corrected chi connectivity index (χ2v) is 7.71. The van der Waals surface area contributed by atoms with Crippen molar-refractivity contribution in [2.75, 3.05) is 32.1 Å². The summed E-state index contributed by atoms with van der Waals surface area (Å²) >= 11 is 3.95. The molecule has 0 radical (unpaired) electrons. The van der Waals surface area contributed by atoms with Crippen LogP contribution in [0.15, 0.2) is 4.99 Å². The highest BCUT2D eigenvalue weighted by Crippen LogP contribution is 2.36. The highest BCUT2D eigenvalue weighted by atomic mass is 32.2. The van der Waals surface area contributed by atoms with Crippen molar-refractivity contribution >= 4 is 29.5 Å². The monoisotopic (exact) mass is 275 g/mol. The molecular weight excluding hydrogens is 250 g/mol. The summed E-state index contributed by atoms with van der Waals surface area (Å²) in [6.07, 6.45) is 4.79. The van der Waals surface area contributed by atoms with Crippen LogP contribution in [0.4, 0.5) is 0 Å². The van der Waals surface area contributed by atoms with E-state index in [4.69, 9.17) is 0 Å². The van der Waals surface area contributed by atoms with Crippen molar-refractivity contribution in [1.29, 1.82) is 0 Å². The van der Waals surface area contributed by atoms with E-state index in [2.05, 4.69) is 47.5 Å². The number of thioether (sulfide) groups is 2. The molecule has 0 spiro atoms. The Morgan fingerprint density at radius 3 is 2.82 bits per heavy atom. The molecule has 0 aromatic rings. The zero-order chi connectivity index (χ0) is 12.7. The van der Waals surface area contributed by atoms with Crippen LogP contribution >= 0.6 is 23.5 Å². The lowest BCUT2D eigenvalue weighted by Gasteiger charge is -2.24. The molecular formula is C12H25N3S2. The maximum absolute atomic E-state index is 4.26. The van der Waals surface area contributed by atoms with Crippen LogP contribution in [0.5, 0.6) is 0 Å². The van der Waals surface area contributed by atoms with Crippen LogP contribution in [0.2, 0.25) is 0 Å². The zero-order valence-corrected chi connectivity index (χ0v) is 13.0. The molecule has 1 fully saturated rings. The Kier molecular flexibility index (Phi) is 6.55. The maximum Gasteiger partial charge on any atom is 0.191 e. The summed E-state index contributed by atoms with van der Waals surface area (Å²) in [6, 6.07) is 0. The quantitative estimate of drug-likeness (QED) is 0.596. The Balaban J connectivity index is 2.27. The molecule has 1 rings (SSSR count). The largest absolute Gasteiger partial charge is 0.355 e. The number of nitrogens with one attached hydrogen (secondary N) is 2. The summed E-state index contributed by atoms with van der Waals surface area (Å²) in [7, 11) is 1.84. The van der Waals surface area contributed by atoms with Gasteiger partial charge in [-0.2, -0.15) is 23.5 Å². The molecule has 2 atom stereocenters. The minimum atomic E-state index is 0.392. The van der Waals surface area contributed by atoms with Crippen LogP contribution in [-0.4, -0.2) is 48.1 Å². The molecule has 0 aromatic heterocycles. The van der Waals surface area contributed by atoms with Crippen molar-refractivity contribution in [3.63, 3.8) is 0 Å². The van der Waals surface area contributed by atoms with Crippen molar-refractivity contribution in [2.24, 2.45) is 4.99 Å². The van der Waals surface area contributed by atoms with Crippen LogP contribution < -0.4 is 10.6 Å². The molecule has 0 saturated carbocycles. The molecule has 1 saturated heterocycles. The van der Waals surface area contributed by atoms with Gasteiger partial charge in [-0.25, -0.2) is 0 Å². The van der Waals surface area contributed by atoms with E-state index in [1.807, 2.05) is 18.8 Å². The molecule has 1 aliphatic rings. The molecule has 17 heavy (non-hydrogen) atoms. The first-order valence-corrected chi connectivity index (χ1v) is 8.48. The van der Waals surface area contributed by atoms with E-state index >= 15 is 0 Å². The van der Waals surface area contributed by atoms with Crippen molar-refractivity contribution in [2.45, 2.75) is 36.7 Å². The van der Waals surface area contributed by atoms with Crippen molar-refractivity contribution in [1.82, 2.24) is 10.6 Å². The fraction of sp³-hybridized carbons (Fsp3) is 0.917. The molecule has 2 N–H and O–H groups in total. The molecule has 100 valence electrons. The average molecular weight is 275 g/mol. The first-order valence-electron chi connectivity index (χ1n) is 6.21. The summed E-state index contributed by atoms with van der Waals surface area (Å²) in [5.41, 5.74) is 0. The van der Waals surface area contributed by atoms with Crippen LogP contribution in [0.25, 0.3) is 0 Å². The molecule has 3 nitrogen and oxygen atoms in total. The van der Waals surface area contributed by atoms with Crippen LogP contribution in [-0.2, 0) is 0 Å². The lowest BCUT2D eigenvalue weighted by atomic mass is 10.1. The molecule has 5 heteroatoms. The number of hydrogen-bond acceptors (Lipinski definition) is 3. The maximum atomic E-state index is 4.26. The lowest BCUT2D eigenvalue weighted by Crippen LogP contribution is -2.45. The van der Waals surface area contributed by atoms with E-state index in [1.54, 1.807) is 0 Å². The number of hydrogen-bond donors (Lipinski definition) is 2. The minimum absolute atomic E-state index is 0.392. The van der Waals surface area contributed by atoms with Crippen LogP contribution in [0.1, 0.15) is 26.7 Å². The summed E-state index contributed by atoms with van der Waals surface area (Å²) in [6.45, 7) is 6.53. The van der Waals surface area contributed by atoms with Gasteiger partial charge < -0.3 is 10.6 Å². The van der Waals surface area contributed by atoms with Gasteiger partial charge >= 0.3 is 0 Å². The van der Waals surface area contributed by atoms with Gasteiger partial charge in [0, 0.05) is 30.1 Å². The number of rotatable bonds is 5. The van der Waals surface area contributed by atoms with Gasteiger partial charge in [0.2, 0.25) is 0 Å². The average Bonchev–Trinajstić information content (AvgIpc) is 2.76. The molecule has 0 amide bonds. The number of guanidine groups is 1. The lowest BCUT2D eigenvalue weighted by molar-refractivity contribution is 0.584. The van der Waals surface area contributed by atoms with Gasteiger partial charge in [-0.3, -0.25) is 4.99 Å². The number of nitrogens with zero attached hydrogens (tertiary/aromatic N) is 1. The van der Waals surface area contributed by atoms with E-state index in [1.165, 1.54) is 18.6 Å².